The van der Waals surface area contributed by atoms with Crippen molar-refractivity contribution in [2.75, 3.05) is 0 Å². The number of amides is 4. The van der Waals surface area contributed by atoms with Gasteiger partial charge in [0.2, 0.25) is 11.8 Å². The van der Waals surface area contributed by atoms with Crippen molar-refractivity contribution in [2.24, 2.45) is 0 Å². The molecule has 7 nitrogen and oxygen atoms in total. The Morgan fingerprint density at radius 1 is 1.20 bits per heavy atom. The van der Waals surface area contributed by atoms with E-state index in [1.807, 2.05) is 0 Å². The normalized spacial score (nSPS) is 20.0. The summed E-state index contributed by atoms with van der Waals surface area (Å²) < 4.78 is 29.2. The monoisotopic (exact) mass is 491 g/mol. The topological polar surface area (TPSA) is 95.6 Å². The van der Waals surface area contributed by atoms with Crippen LogP contribution >= 0.6 is 11.6 Å². The average Bonchev–Trinajstić information content (AvgIpc) is 3.03. The maximum atomic E-state index is 14.6. The average molecular weight is 491 g/mol. The Morgan fingerprint density at radius 3 is 2.49 bits per heavy atom. The van der Waals surface area contributed by atoms with Crippen molar-refractivity contribution in [3.63, 3.8) is 0 Å². The Bertz CT molecular complexity index is 1260. The van der Waals surface area contributed by atoms with Crippen molar-refractivity contribution in [1.29, 1.82) is 0 Å². The standard InChI is InChI=1S/C22H15B3ClF2N3O4/c23-13-7-11-16(18(25)31(20(11)34)14-5-6-15(32)30-19(14)33)17(24)12(13)8-29-21(35)22(27,28)9-1-3-10(26)4-2-9/h1-4,7,14,18H,5-6,8H2,(H,29,35)(H,30,32,33). The van der Waals surface area contributed by atoms with E-state index in [1.165, 1.54) is 18.2 Å². The molecule has 0 spiro atoms. The lowest BCUT2D eigenvalue weighted by molar-refractivity contribution is -0.147. The van der Waals surface area contributed by atoms with Crippen LogP contribution in [0, 0.1) is 0 Å². The number of carbonyl (C=O) groups is 4. The first-order chi connectivity index (χ1) is 16.4. The molecule has 35 heavy (non-hydrogen) atoms. The summed E-state index contributed by atoms with van der Waals surface area (Å²) in [5.74, 6) is -8.33. The van der Waals surface area contributed by atoms with Crippen LogP contribution in [0.4, 0.5) is 8.78 Å². The van der Waals surface area contributed by atoms with Gasteiger partial charge in [-0.15, -0.1) is 0 Å². The minimum atomic E-state index is -3.86. The number of fused-ring (bicyclic) bond motifs is 1. The zero-order valence-electron chi connectivity index (χ0n) is 18.1. The quantitative estimate of drug-likeness (QED) is 0.446. The smallest absolute Gasteiger partial charge is 0.347 e. The summed E-state index contributed by atoms with van der Waals surface area (Å²) in [5, 5.41) is 4.52. The fourth-order valence-corrected chi connectivity index (χ4v) is 4.36. The Kier molecular flexibility index (Phi) is 6.53. The van der Waals surface area contributed by atoms with E-state index in [4.69, 9.17) is 35.1 Å². The van der Waals surface area contributed by atoms with Gasteiger partial charge in [0, 0.05) is 35.1 Å². The zero-order valence-corrected chi connectivity index (χ0v) is 18.9. The van der Waals surface area contributed by atoms with Crippen molar-refractivity contribution in [2.45, 2.75) is 37.3 Å². The molecule has 2 N–H and O–H groups in total. The van der Waals surface area contributed by atoms with Gasteiger partial charge in [0.1, 0.15) is 29.6 Å². The third-order valence-electron chi connectivity index (χ3n) is 6.08. The molecule has 2 aromatic carbocycles. The number of halogens is 3. The molecule has 1 fully saturated rings. The number of benzene rings is 2. The van der Waals surface area contributed by atoms with Crippen LogP contribution in [0.25, 0.3) is 0 Å². The predicted molar refractivity (Wildman–Crippen MR) is 125 cm³/mol. The Hall–Kier alpha value is -3.14. The van der Waals surface area contributed by atoms with Crippen molar-refractivity contribution in [3.8, 4) is 0 Å². The Labute approximate surface area is 208 Å². The van der Waals surface area contributed by atoms with E-state index in [0.717, 1.165) is 17.0 Å². The summed E-state index contributed by atoms with van der Waals surface area (Å²) in [6.07, 6.45) is 0.107. The summed E-state index contributed by atoms with van der Waals surface area (Å²) >= 11 is 5.71. The lowest BCUT2D eigenvalue weighted by atomic mass is 9.72. The SMILES string of the molecule is [B]c1cc2c(c([B])c1CNC(=O)C(F)(F)c1ccc(Cl)cc1)C([B])N(C1CCC(=O)NC1=O)C2=O. The van der Waals surface area contributed by atoms with Crippen molar-refractivity contribution >= 4 is 69.7 Å². The molecule has 0 bridgehead atoms. The summed E-state index contributed by atoms with van der Waals surface area (Å²) in [4.78, 5) is 50.2. The van der Waals surface area contributed by atoms with Gasteiger partial charge >= 0.3 is 5.92 Å². The number of alkyl halides is 2. The van der Waals surface area contributed by atoms with Crippen LogP contribution in [0.1, 0.15) is 45.8 Å². The van der Waals surface area contributed by atoms with Gasteiger partial charge in [-0.1, -0.05) is 40.7 Å². The number of piperidine rings is 1. The lowest BCUT2D eigenvalue weighted by Gasteiger charge is -2.33. The van der Waals surface area contributed by atoms with Crippen LogP contribution in [0.2, 0.25) is 5.02 Å². The van der Waals surface area contributed by atoms with E-state index in [9.17, 15) is 28.0 Å². The lowest BCUT2D eigenvalue weighted by Crippen LogP contribution is -2.53. The third kappa shape index (κ3) is 4.35. The van der Waals surface area contributed by atoms with Crippen LogP contribution in [-0.4, -0.2) is 58.1 Å². The van der Waals surface area contributed by atoms with E-state index in [-0.39, 0.29) is 45.5 Å². The molecular weight excluding hydrogens is 476 g/mol. The van der Waals surface area contributed by atoms with Crippen molar-refractivity contribution < 1.29 is 28.0 Å². The molecule has 6 radical (unpaired) electrons. The molecule has 1 saturated heterocycles. The molecule has 2 unspecified atom stereocenters. The van der Waals surface area contributed by atoms with Crippen molar-refractivity contribution in [3.05, 3.63) is 57.6 Å². The summed E-state index contributed by atoms with van der Waals surface area (Å²) in [6.45, 7) is -0.466. The number of hydrogen-bond acceptors (Lipinski definition) is 4. The molecule has 0 aliphatic carbocycles. The molecule has 4 amide bonds. The maximum Gasteiger partial charge on any atom is 0.349 e. The highest BCUT2D eigenvalue weighted by Crippen LogP contribution is 2.34. The second-order valence-corrected chi connectivity index (χ2v) is 8.64. The second-order valence-electron chi connectivity index (χ2n) is 8.21. The molecule has 2 aromatic rings. The van der Waals surface area contributed by atoms with Crippen LogP contribution < -0.4 is 21.6 Å². The molecule has 13 heteroatoms. The highest BCUT2D eigenvalue weighted by Gasteiger charge is 2.44. The van der Waals surface area contributed by atoms with Crippen LogP contribution in [0.3, 0.4) is 0 Å². The molecule has 2 heterocycles. The molecule has 2 atom stereocenters. The molecular formula is C22H15B3ClF2N3O4. The first kappa shape index (κ1) is 25.0. The summed E-state index contributed by atoms with van der Waals surface area (Å²) in [5.41, 5.74) is -0.339. The maximum absolute atomic E-state index is 14.6. The second kappa shape index (κ2) is 9.15. The van der Waals surface area contributed by atoms with E-state index in [1.54, 1.807) is 0 Å². The van der Waals surface area contributed by atoms with Gasteiger partial charge in [-0.3, -0.25) is 24.5 Å². The highest BCUT2D eigenvalue weighted by molar-refractivity contribution is 6.42. The minimum absolute atomic E-state index is 0.0259. The van der Waals surface area contributed by atoms with E-state index in [2.05, 4.69) is 10.6 Å². The fraction of sp³-hybridized carbons (Fsp3) is 0.273. The van der Waals surface area contributed by atoms with Gasteiger partial charge < -0.3 is 10.2 Å². The van der Waals surface area contributed by atoms with Gasteiger partial charge in [0.25, 0.3) is 11.8 Å². The van der Waals surface area contributed by atoms with Crippen molar-refractivity contribution in [1.82, 2.24) is 15.5 Å². The van der Waals surface area contributed by atoms with Gasteiger partial charge in [-0.2, -0.15) is 8.78 Å². The van der Waals surface area contributed by atoms with Crippen LogP contribution in [0.15, 0.2) is 30.3 Å². The summed E-state index contributed by atoms with van der Waals surface area (Å²) in [7, 11) is 18.5. The van der Waals surface area contributed by atoms with E-state index >= 15 is 0 Å². The molecule has 2 aliphatic rings. The highest BCUT2D eigenvalue weighted by atomic mass is 35.5. The predicted octanol–water partition coefficient (Wildman–Crippen LogP) is -0.236. The zero-order chi connectivity index (χ0) is 25.7. The summed E-state index contributed by atoms with van der Waals surface area (Å²) in [6, 6.07) is 4.83. The van der Waals surface area contributed by atoms with Gasteiger partial charge in [-0.25, -0.2) is 0 Å². The number of carbonyl (C=O) groups excluding carboxylic acids is 4. The van der Waals surface area contributed by atoms with Gasteiger partial charge in [0.05, 0.1) is 0 Å². The number of imide groups is 1. The number of hydrogen-bond donors (Lipinski definition) is 2. The Morgan fingerprint density at radius 2 is 1.86 bits per heavy atom. The molecule has 0 aromatic heterocycles. The largest absolute Gasteiger partial charge is 0.349 e. The van der Waals surface area contributed by atoms with Gasteiger partial charge in [-0.05, 0) is 29.7 Å². The third-order valence-corrected chi connectivity index (χ3v) is 6.33. The number of rotatable bonds is 5. The van der Waals surface area contributed by atoms with E-state index in [0.29, 0.717) is 0 Å². The first-order valence-corrected chi connectivity index (χ1v) is 10.9. The molecule has 0 saturated carbocycles. The first-order valence-electron chi connectivity index (χ1n) is 10.5. The molecule has 172 valence electrons. The number of nitrogens with one attached hydrogen (secondary N) is 2. The number of nitrogens with zero attached hydrogens (tertiary/aromatic N) is 1. The van der Waals surface area contributed by atoms with Gasteiger partial charge in [0.15, 0.2) is 0 Å². The fourth-order valence-electron chi connectivity index (χ4n) is 4.23. The van der Waals surface area contributed by atoms with Crippen LogP contribution in [0.5, 0.6) is 0 Å². The Balaban J connectivity index is 1.57. The minimum Gasteiger partial charge on any atom is -0.347 e. The van der Waals surface area contributed by atoms with E-state index < -0.39 is 53.6 Å². The molecule has 2 aliphatic heterocycles. The van der Waals surface area contributed by atoms with Crippen LogP contribution in [-0.2, 0) is 26.9 Å². The molecule has 4 rings (SSSR count).